The van der Waals surface area contributed by atoms with Gasteiger partial charge in [0, 0.05) is 28.9 Å². The van der Waals surface area contributed by atoms with E-state index in [0.717, 1.165) is 18.8 Å². The summed E-state index contributed by atoms with van der Waals surface area (Å²) < 4.78 is 4.93. The zero-order valence-corrected chi connectivity index (χ0v) is 13.6. The van der Waals surface area contributed by atoms with Crippen molar-refractivity contribution in [1.29, 1.82) is 0 Å². The predicted molar refractivity (Wildman–Crippen MR) is 85.2 cm³/mol. The first kappa shape index (κ1) is 14.8. The van der Waals surface area contributed by atoms with Gasteiger partial charge in [-0.15, -0.1) is 11.3 Å². The van der Waals surface area contributed by atoms with Gasteiger partial charge in [-0.05, 0) is 52.0 Å². The van der Waals surface area contributed by atoms with Crippen LogP contribution in [-0.2, 0) is 13.1 Å². The fourth-order valence-electron chi connectivity index (χ4n) is 2.80. The summed E-state index contributed by atoms with van der Waals surface area (Å²) >= 11 is 1.94. The van der Waals surface area contributed by atoms with Crippen LogP contribution in [0.3, 0.4) is 0 Å². The van der Waals surface area contributed by atoms with Gasteiger partial charge in [0.1, 0.15) is 12.0 Å². The Morgan fingerprint density at radius 3 is 2.76 bits per heavy atom. The van der Waals surface area contributed by atoms with Crippen LogP contribution in [0.2, 0.25) is 0 Å². The molecule has 1 fully saturated rings. The smallest absolute Gasteiger partial charge is 0.124 e. The van der Waals surface area contributed by atoms with Gasteiger partial charge in [0.2, 0.25) is 0 Å². The highest BCUT2D eigenvalue weighted by atomic mass is 32.1. The third kappa shape index (κ3) is 3.73. The minimum atomic E-state index is 0.271. The SMILES string of the molecule is CC(c1ccon1)N(C)Cc1ccc(CN2CCCC2)s1. The summed E-state index contributed by atoms with van der Waals surface area (Å²) in [6.45, 7) is 6.76. The van der Waals surface area contributed by atoms with Crippen LogP contribution in [0.1, 0.15) is 41.3 Å². The second-order valence-electron chi connectivity index (χ2n) is 5.87. The average Bonchev–Trinajstić information content (AvgIpc) is 3.20. The maximum absolute atomic E-state index is 4.93. The van der Waals surface area contributed by atoms with E-state index in [1.807, 2.05) is 17.4 Å². The monoisotopic (exact) mass is 305 g/mol. The Morgan fingerprint density at radius 2 is 2.05 bits per heavy atom. The van der Waals surface area contributed by atoms with Gasteiger partial charge < -0.3 is 4.52 Å². The van der Waals surface area contributed by atoms with Gasteiger partial charge in [0.15, 0.2) is 0 Å². The van der Waals surface area contributed by atoms with Crippen molar-refractivity contribution in [2.24, 2.45) is 0 Å². The number of nitrogens with zero attached hydrogens (tertiary/aromatic N) is 3. The Balaban J connectivity index is 1.56. The molecule has 1 aliphatic heterocycles. The third-order valence-electron chi connectivity index (χ3n) is 4.25. The van der Waals surface area contributed by atoms with Gasteiger partial charge >= 0.3 is 0 Å². The second-order valence-corrected chi connectivity index (χ2v) is 7.12. The average molecular weight is 305 g/mol. The van der Waals surface area contributed by atoms with Gasteiger partial charge in [-0.1, -0.05) is 5.16 Å². The van der Waals surface area contributed by atoms with Crippen molar-refractivity contribution < 1.29 is 4.52 Å². The van der Waals surface area contributed by atoms with Crippen LogP contribution in [0.5, 0.6) is 0 Å². The summed E-state index contributed by atoms with van der Waals surface area (Å²) in [4.78, 5) is 7.76. The molecule has 4 nitrogen and oxygen atoms in total. The fraction of sp³-hybridized carbons (Fsp3) is 0.562. The first-order valence-corrected chi connectivity index (χ1v) is 8.44. The number of hydrogen-bond acceptors (Lipinski definition) is 5. The second kappa shape index (κ2) is 6.73. The first-order chi connectivity index (χ1) is 10.2. The van der Waals surface area contributed by atoms with Crippen LogP contribution in [0.4, 0.5) is 0 Å². The van der Waals surface area contributed by atoms with E-state index in [2.05, 4.69) is 41.1 Å². The zero-order valence-electron chi connectivity index (χ0n) is 12.8. The van der Waals surface area contributed by atoms with E-state index in [-0.39, 0.29) is 6.04 Å². The summed E-state index contributed by atoms with van der Waals surface area (Å²) in [5.74, 6) is 0. The van der Waals surface area contributed by atoms with Gasteiger partial charge in [-0.2, -0.15) is 0 Å². The van der Waals surface area contributed by atoms with Crippen LogP contribution in [0.25, 0.3) is 0 Å². The molecule has 0 amide bonds. The molecule has 3 rings (SSSR count). The van der Waals surface area contributed by atoms with Crippen molar-refractivity contribution >= 4 is 11.3 Å². The van der Waals surface area contributed by atoms with Gasteiger partial charge in [-0.25, -0.2) is 0 Å². The molecule has 0 saturated carbocycles. The largest absolute Gasteiger partial charge is 0.364 e. The summed E-state index contributed by atoms with van der Waals surface area (Å²) in [5, 5.41) is 4.03. The molecule has 1 saturated heterocycles. The molecule has 1 unspecified atom stereocenters. The van der Waals surface area contributed by atoms with E-state index >= 15 is 0 Å². The standard InChI is InChI=1S/C16H23N3OS/c1-13(16-7-10-20-17-16)18(2)11-14-5-6-15(21-14)12-19-8-3-4-9-19/h5-7,10,13H,3-4,8-9,11-12H2,1-2H3. The molecule has 0 bridgehead atoms. The van der Waals surface area contributed by atoms with Crippen LogP contribution < -0.4 is 0 Å². The summed E-state index contributed by atoms with van der Waals surface area (Å²) in [6.07, 6.45) is 4.35. The molecule has 1 aliphatic rings. The highest BCUT2D eigenvalue weighted by molar-refractivity contribution is 7.11. The molecule has 1 atom stereocenters. The maximum Gasteiger partial charge on any atom is 0.124 e. The third-order valence-corrected chi connectivity index (χ3v) is 5.30. The van der Waals surface area contributed by atoms with Crippen molar-refractivity contribution in [2.45, 2.75) is 38.9 Å². The zero-order chi connectivity index (χ0) is 14.7. The Kier molecular flexibility index (Phi) is 4.73. The Labute approximate surface area is 130 Å². The normalized spacial score (nSPS) is 17.7. The molecule has 0 spiro atoms. The van der Waals surface area contributed by atoms with Crippen molar-refractivity contribution in [3.05, 3.63) is 39.9 Å². The Hall–Kier alpha value is -1.17. The molecule has 2 aromatic rings. The minimum Gasteiger partial charge on any atom is -0.364 e. The first-order valence-electron chi connectivity index (χ1n) is 7.63. The van der Waals surface area contributed by atoms with E-state index in [1.165, 1.54) is 35.7 Å². The van der Waals surface area contributed by atoms with Crippen LogP contribution in [0, 0.1) is 0 Å². The topological polar surface area (TPSA) is 32.5 Å². The molecule has 114 valence electrons. The van der Waals surface area contributed by atoms with Gasteiger partial charge in [-0.3, -0.25) is 9.80 Å². The molecule has 3 heterocycles. The predicted octanol–water partition coefficient (Wildman–Crippen LogP) is 3.52. The van der Waals surface area contributed by atoms with E-state index in [1.54, 1.807) is 6.26 Å². The lowest BCUT2D eigenvalue weighted by atomic mass is 10.2. The Morgan fingerprint density at radius 1 is 1.29 bits per heavy atom. The molecule has 2 aromatic heterocycles. The maximum atomic E-state index is 4.93. The minimum absolute atomic E-state index is 0.271. The molecule has 0 radical (unpaired) electrons. The summed E-state index contributed by atoms with van der Waals surface area (Å²) in [7, 11) is 2.14. The van der Waals surface area contributed by atoms with Crippen LogP contribution in [-0.4, -0.2) is 35.1 Å². The molecule has 0 N–H and O–H groups in total. The van der Waals surface area contributed by atoms with Gasteiger partial charge in [0.05, 0.1) is 6.04 Å². The van der Waals surface area contributed by atoms with E-state index < -0.39 is 0 Å². The van der Waals surface area contributed by atoms with Crippen molar-refractivity contribution in [1.82, 2.24) is 15.0 Å². The highest BCUT2D eigenvalue weighted by Crippen LogP contribution is 2.24. The van der Waals surface area contributed by atoms with Crippen LogP contribution >= 0.6 is 11.3 Å². The lowest BCUT2D eigenvalue weighted by Crippen LogP contribution is -2.21. The highest BCUT2D eigenvalue weighted by Gasteiger charge is 2.16. The number of rotatable bonds is 6. The lowest BCUT2D eigenvalue weighted by Gasteiger charge is -2.21. The molecule has 0 aromatic carbocycles. The van der Waals surface area contributed by atoms with E-state index in [9.17, 15) is 0 Å². The summed E-state index contributed by atoms with van der Waals surface area (Å²) in [6, 6.07) is 6.76. The molecule has 5 heteroatoms. The summed E-state index contributed by atoms with van der Waals surface area (Å²) in [5.41, 5.74) is 0.992. The quantitative estimate of drug-likeness (QED) is 0.817. The van der Waals surface area contributed by atoms with Crippen LogP contribution in [0.15, 0.2) is 29.0 Å². The number of thiophene rings is 1. The molecule has 21 heavy (non-hydrogen) atoms. The van der Waals surface area contributed by atoms with E-state index in [0.29, 0.717) is 0 Å². The van der Waals surface area contributed by atoms with Crippen molar-refractivity contribution in [2.75, 3.05) is 20.1 Å². The van der Waals surface area contributed by atoms with Gasteiger partial charge in [0.25, 0.3) is 0 Å². The van der Waals surface area contributed by atoms with Crippen molar-refractivity contribution in [3.8, 4) is 0 Å². The fourth-order valence-corrected chi connectivity index (χ4v) is 3.92. The Bertz CT molecular complexity index is 546. The number of likely N-dealkylation sites (tertiary alicyclic amines) is 1. The molecule has 0 aliphatic carbocycles. The number of aromatic nitrogens is 1. The lowest BCUT2D eigenvalue weighted by molar-refractivity contribution is 0.243. The number of hydrogen-bond donors (Lipinski definition) is 0. The van der Waals surface area contributed by atoms with Crippen molar-refractivity contribution in [3.63, 3.8) is 0 Å². The molecular weight excluding hydrogens is 282 g/mol. The van der Waals surface area contributed by atoms with E-state index in [4.69, 9.17) is 4.52 Å². The molecular formula is C16H23N3OS.